The van der Waals surface area contributed by atoms with Crippen molar-refractivity contribution >= 4 is 28.4 Å². The first-order valence-corrected chi connectivity index (χ1v) is 7.22. The second-order valence-electron chi connectivity index (χ2n) is 4.07. The van der Waals surface area contributed by atoms with Gasteiger partial charge in [0.2, 0.25) is 0 Å². The van der Waals surface area contributed by atoms with E-state index in [0.29, 0.717) is 12.3 Å². The summed E-state index contributed by atoms with van der Waals surface area (Å²) < 4.78 is 33.5. The van der Waals surface area contributed by atoms with Crippen molar-refractivity contribution in [2.24, 2.45) is 0 Å². The van der Waals surface area contributed by atoms with Crippen LogP contribution in [0.3, 0.4) is 0 Å². The number of ether oxygens (including phenoxy) is 1. The first-order valence-electron chi connectivity index (χ1n) is 6.14. The largest absolute Gasteiger partial charge is 0.435 e. The van der Waals surface area contributed by atoms with Crippen LogP contribution >= 0.6 is 22.6 Å². The number of hydrogen-bond acceptors (Lipinski definition) is 3. The molecule has 0 unspecified atom stereocenters. The quantitative estimate of drug-likeness (QED) is 0.760. The molecule has 2 rings (SSSR count). The van der Waals surface area contributed by atoms with E-state index in [1.807, 2.05) is 19.1 Å². The Labute approximate surface area is 129 Å². The lowest BCUT2D eigenvalue weighted by molar-refractivity contribution is 0.415. The Bertz CT molecular complexity index is 608. The van der Waals surface area contributed by atoms with Gasteiger partial charge in [0.1, 0.15) is 5.75 Å². The van der Waals surface area contributed by atoms with Gasteiger partial charge in [-0.25, -0.2) is 8.78 Å². The van der Waals surface area contributed by atoms with Gasteiger partial charge in [-0.05, 0) is 41.1 Å². The van der Waals surface area contributed by atoms with E-state index in [4.69, 9.17) is 4.74 Å². The third-order valence-corrected chi connectivity index (χ3v) is 3.37. The van der Waals surface area contributed by atoms with Crippen molar-refractivity contribution in [1.29, 1.82) is 0 Å². The number of hydrogen-bond donors (Lipinski definition) is 1. The summed E-state index contributed by atoms with van der Waals surface area (Å²) in [6.07, 6.45) is 0.811. The molecular formula is C14H13F2IN2O. The van der Waals surface area contributed by atoms with Crippen molar-refractivity contribution in [3.05, 3.63) is 45.5 Å². The van der Waals surface area contributed by atoms with Gasteiger partial charge in [-0.1, -0.05) is 19.1 Å². The number of aromatic nitrogens is 1. The number of anilines is 1. The van der Waals surface area contributed by atoms with Crippen LogP contribution in [0.1, 0.15) is 13.3 Å². The van der Waals surface area contributed by atoms with Gasteiger partial charge in [0.15, 0.2) is 17.5 Å². The standard InChI is InChI=1S/C14H13F2IN2O/c1-2-7-18-13-9(15)8-10(16)14(19-13)20-12-6-4-3-5-11(12)17/h3-6,8H,2,7H2,1H3,(H,18,19). The summed E-state index contributed by atoms with van der Waals surface area (Å²) in [5, 5.41) is 2.80. The summed E-state index contributed by atoms with van der Waals surface area (Å²) in [4.78, 5) is 3.86. The normalized spacial score (nSPS) is 10.4. The Hall–Kier alpha value is -1.44. The highest BCUT2D eigenvalue weighted by Gasteiger charge is 2.14. The van der Waals surface area contributed by atoms with Crippen molar-refractivity contribution in [3.8, 4) is 11.6 Å². The molecule has 20 heavy (non-hydrogen) atoms. The van der Waals surface area contributed by atoms with E-state index in [1.54, 1.807) is 12.1 Å². The summed E-state index contributed by atoms with van der Waals surface area (Å²) in [5.41, 5.74) is 0. The smallest absolute Gasteiger partial charge is 0.258 e. The van der Waals surface area contributed by atoms with E-state index >= 15 is 0 Å². The maximum Gasteiger partial charge on any atom is 0.258 e. The lowest BCUT2D eigenvalue weighted by atomic mass is 10.3. The highest BCUT2D eigenvalue weighted by atomic mass is 127. The summed E-state index contributed by atoms with van der Waals surface area (Å²) in [6.45, 7) is 2.50. The SMILES string of the molecule is CCCNc1nc(Oc2ccccc2I)c(F)cc1F. The van der Waals surface area contributed by atoms with Gasteiger partial charge in [-0.2, -0.15) is 4.98 Å². The second-order valence-corrected chi connectivity index (χ2v) is 5.23. The molecule has 6 heteroatoms. The zero-order valence-corrected chi connectivity index (χ0v) is 12.9. The molecule has 2 aromatic rings. The van der Waals surface area contributed by atoms with Crippen LogP contribution in [-0.4, -0.2) is 11.5 Å². The second kappa shape index (κ2) is 6.83. The first-order chi connectivity index (χ1) is 9.61. The molecule has 0 saturated carbocycles. The van der Waals surface area contributed by atoms with E-state index in [0.717, 1.165) is 16.1 Å². The topological polar surface area (TPSA) is 34.2 Å². The van der Waals surface area contributed by atoms with Crippen LogP contribution in [-0.2, 0) is 0 Å². The molecule has 1 heterocycles. The summed E-state index contributed by atoms with van der Waals surface area (Å²) in [6, 6.07) is 7.92. The third-order valence-electron chi connectivity index (χ3n) is 2.48. The van der Waals surface area contributed by atoms with E-state index in [1.165, 1.54) is 0 Å². The fourth-order valence-electron chi connectivity index (χ4n) is 1.52. The Morgan fingerprint density at radius 3 is 2.70 bits per heavy atom. The van der Waals surface area contributed by atoms with Crippen LogP contribution in [0.4, 0.5) is 14.6 Å². The van der Waals surface area contributed by atoms with E-state index in [2.05, 4.69) is 32.9 Å². The van der Waals surface area contributed by atoms with Crippen molar-refractivity contribution in [2.45, 2.75) is 13.3 Å². The minimum absolute atomic E-state index is 0.00538. The summed E-state index contributed by atoms with van der Waals surface area (Å²) in [7, 11) is 0. The highest BCUT2D eigenvalue weighted by molar-refractivity contribution is 14.1. The van der Waals surface area contributed by atoms with Gasteiger partial charge in [0.25, 0.3) is 5.88 Å². The average molecular weight is 390 g/mol. The molecule has 0 amide bonds. The van der Waals surface area contributed by atoms with Crippen molar-refractivity contribution in [2.75, 3.05) is 11.9 Å². The zero-order chi connectivity index (χ0) is 14.5. The monoisotopic (exact) mass is 390 g/mol. The molecule has 0 spiro atoms. The van der Waals surface area contributed by atoms with Gasteiger partial charge in [-0.15, -0.1) is 0 Å². The number of pyridine rings is 1. The van der Waals surface area contributed by atoms with Gasteiger partial charge in [0.05, 0.1) is 3.57 Å². The van der Waals surface area contributed by atoms with Crippen LogP contribution in [0.15, 0.2) is 30.3 Å². The van der Waals surface area contributed by atoms with E-state index in [9.17, 15) is 8.78 Å². The number of rotatable bonds is 5. The molecular weight excluding hydrogens is 377 g/mol. The minimum atomic E-state index is -0.829. The van der Waals surface area contributed by atoms with Gasteiger partial charge < -0.3 is 10.1 Å². The Morgan fingerprint density at radius 2 is 2.00 bits per heavy atom. The number of para-hydroxylation sites is 1. The Morgan fingerprint density at radius 1 is 1.25 bits per heavy atom. The molecule has 3 nitrogen and oxygen atoms in total. The molecule has 0 atom stereocenters. The minimum Gasteiger partial charge on any atom is -0.435 e. The fourth-order valence-corrected chi connectivity index (χ4v) is 2.02. The van der Waals surface area contributed by atoms with E-state index < -0.39 is 11.6 Å². The average Bonchev–Trinajstić information content (AvgIpc) is 2.43. The van der Waals surface area contributed by atoms with E-state index in [-0.39, 0.29) is 11.7 Å². The third kappa shape index (κ3) is 3.56. The number of nitrogens with one attached hydrogen (secondary N) is 1. The Kier molecular flexibility index (Phi) is 5.11. The molecule has 0 aliphatic carbocycles. The lowest BCUT2D eigenvalue weighted by Gasteiger charge is -2.10. The van der Waals surface area contributed by atoms with Crippen LogP contribution in [0, 0.1) is 15.2 Å². The number of benzene rings is 1. The van der Waals surface area contributed by atoms with Crippen molar-refractivity contribution in [3.63, 3.8) is 0 Å². The molecule has 0 bridgehead atoms. The number of halogens is 3. The molecule has 106 valence electrons. The van der Waals surface area contributed by atoms with Crippen molar-refractivity contribution in [1.82, 2.24) is 4.98 Å². The molecule has 0 fully saturated rings. The molecule has 0 radical (unpaired) electrons. The first kappa shape index (κ1) is 15.0. The van der Waals surface area contributed by atoms with Crippen LogP contribution < -0.4 is 10.1 Å². The lowest BCUT2D eigenvalue weighted by Crippen LogP contribution is -2.06. The number of nitrogens with zero attached hydrogens (tertiary/aromatic N) is 1. The van der Waals surface area contributed by atoms with Gasteiger partial charge in [0, 0.05) is 12.6 Å². The summed E-state index contributed by atoms with van der Waals surface area (Å²) in [5.74, 6) is -1.33. The Balaban J connectivity index is 2.29. The van der Waals surface area contributed by atoms with Crippen molar-refractivity contribution < 1.29 is 13.5 Å². The molecule has 1 aromatic heterocycles. The zero-order valence-electron chi connectivity index (χ0n) is 10.8. The molecule has 0 aliphatic heterocycles. The van der Waals surface area contributed by atoms with Crippen LogP contribution in [0.25, 0.3) is 0 Å². The molecule has 1 aromatic carbocycles. The van der Waals surface area contributed by atoms with Crippen LogP contribution in [0.5, 0.6) is 11.6 Å². The van der Waals surface area contributed by atoms with Gasteiger partial charge >= 0.3 is 0 Å². The molecule has 0 saturated heterocycles. The predicted octanol–water partition coefficient (Wildman–Crippen LogP) is 4.58. The molecule has 0 aliphatic rings. The summed E-state index contributed by atoms with van der Waals surface area (Å²) >= 11 is 2.07. The fraction of sp³-hybridized carbons (Fsp3) is 0.214. The maximum absolute atomic E-state index is 13.7. The maximum atomic E-state index is 13.7. The highest BCUT2D eigenvalue weighted by Crippen LogP contribution is 2.28. The van der Waals surface area contributed by atoms with Crippen LogP contribution in [0.2, 0.25) is 0 Å². The van der Waals surface area contributed by atoms with Gasteiger partial charge in [-0.3, -0.25) is 0 Å². The predicted molar refractivity (Wildman–Crippen MR) is 82.2 cm³/mol. The molecule has 1 N–H and O–H groups in total.